The Balaban J connectivity index is 1.46. The molecular formula is C24H19F2N5O3. The molecule has 0 radical (unpaired) electrons. The van der Waals surface area contributed by atoms with Crippen LogP contribution in [0.2, 0.25) is 0 Å². The maximum absolute atomic E-state index is 13.4. The fraction of sp³-hybridized carbons (Fsp3) is 0.167. The van der Waals surface area contributed by atoms with E-state index < -0.39 is 17.3 Å². The van der Waals surface area contributed by atoms with E-state index in [-0.39, 0.29) is 29.5 Å². The minimum atomic E-state index is -1.05. The van der Waals surface area contributed by atoms with Crippen LogP contribution in [0.1, 0.15) is 22.3 Å². The van der Waals surface area contributed by atoms with Gasteiger partial charge in [0.05, 0.1) is 18.3 Å². The molecule has 0 saturated heterocycles. The quantitative estimate of drug-likeness (QED) is 0.413. The molecule has 0 aliphatic rings. The molecule has 0 spiro atoms. The second-order valence-electron chi connectivity index (χ2n) is 7.57. The Morgan fingerprint density at radius 1 is 1.09 bits per heavy atom. The summed E-state index contributed by atoms with van der Waals surface area (Å²) in [4.78, 5) is 16.4. The van der Waals surface area contributed by atoms with Gasteiger partial charge in [-0.05, 0) is 36.8 Å². The molecule has 8 nitrogen and oxygen atoms in total. The lowest BCUT2D eigenvalue weighted by molar-refractivity contribution is 0.288. The van der Waals surface area contributed by atoms with Gasteiger partial charge in [-0.1, -0.05) is 6.07 Å². The minimum Gasteiger partial charge on any atom is -0.472 e. The summed E-state index contributed by atoms with van der Waals surface area (Å²) >= 11 is 0. The number of rotatable bonds is 7. The minimum absolute atomic E-state index is 0.0556. The number of hydrogen-bond acceptors (Lipinski definition) is 6. The second kappa shape index (κ2) is 9.54. The van der Waals surface area contributed by atoms with Crippen molar-refractivity contribution in [3.05, 3.63) is 99.4 Å². The maximum atomic E-state index is 13.4. The first-order valence-corrected chi connectivity index (χ1v) is 10.2. The predicted molar refractivity (Wildman–Crippen MR) is 117 cm³/mol. The van der Waals surface area contributed by atoms with Gasteiger partial charge in [0.1, 0.15) is 24.2 Å². The molecule has 34 heavy (non-hydrogen) atoms. The zero-order valence-electron chi connectivity index (χ0n) is 18.3. The summed E-state index contributed by atoms with van der Waals surface area (Å²) in [6.45, 7) is 2.17. The molecule has 4 rings (SSSR count). The third-order valence-electron chi connectivity index (χ3n) is 4.90. The van der Waals surface area contributed by atoms with Gasteiger partial charge in [0.25, 0.3) is 0 Å². The monoisotopic (exact) mass is 463 g/mol. The first kappa shape index (κ1) is 22.7. The van der Waals surface area contributed by atoms with E-state index in [9.17, 15) is 18.8 Å². The highest BCUT2D eigenvalue weighted by atomic mass is 19.2. The smallest absolute Gasteiger partial charge is 0.351 e. The van der Waals surface area contributed by atoms with Gasteiger partial charge in [-0.3, -0.25) is 9.25 Å². The van der Waals surface area contributed by atoms with Gasteiger partial charge in [0.2, 0.25) is 5.88 Å². The standard InChI is InChI=1S/C24H19F2N5O3/c1-15-11-31(13-17-10-28-30(2)12-17)24(32)29-23(15)33-14-16-3-6-22(18(7-16)9-27)34-19-4-5-20(25)21(26)8-19/h3-8,10-12H,13-14H2,1-2H3. The van der Waals surface area contributed by atoms with E-state index in [4.69, 9.17) is 9.47 Å². The highest BCUT2D eigenvalue weighted by molar-refractivity contribution is 5.47. The molecule has 172 valence electrons. The number of ether oxygens (including phenoxy) is 2. The number of aryl methyl sites for hydroxylation is 2. The van der Waals surface area contributed by atoms with E-state index in [1.807, 2.05) is 12.3 Å². The van der Waals surface area contributed by atoms with Gasteiger partial charge >= 0.3 is 5.69 Å². The van der Waals surface area contributed by atoms with Crippen LogP contribution in [-0.2, 0) is 20.2 Å². The molecule has 0 bridgehead atoms. The zero-order chi connectivity index (χ0) is 24.2. The molecular weight excluding hydrogens is 444 g/mol. The molecule has 4 aromatic rings. The van der Waals surface area contributed by atoms with Crippen LogP contribution in [0.15, 0.2) is 59.8 Å². The average Bonchev–Trinajstić information content (AvgIpc) is 3.22. The third-order valence-corrected chi connectivity index (χ3v) is 4.90. The van der Waals surface area contributed by atoms with Gasteiger partial charge in [0.15, 0.2) is 11.6 Å². The van der Waals surface area contributed by atoms with Crippen LogP contribution in [0.25, 0.3) is 0 Å². The fourth-order valence-corrected chi connectivity index (χ4v) is 3.26. The number of nitrogens with zero attached hydrogens (tertiary/aromatic N) is 5. The van der Waals surface area contributed by atoms with Crippen molar-refractivity contribution in [3.63, 3.8) is 0 Å². The van der Waals surface area contributed by atoms with Crippen LogP contribution in [-0.4, -0.2) is 19.3 Å². The first-order valence-electron chi connectivity index (χ1n) is 10.2. The van der Waals surface area contributed by atoms with Crippen molar-refractivity contribution in [2.45, 2.75) is 20.1 Å². The number of hydrogen-bond donors (Lipinski definition) is 0. The van der Waals surface area contributed by atoms with Crippen molar-refractivity contribution in [2.75, 3.05) is 0 Å². The Bertz CT molecular complexity index is 1460. The summed E-state index contributed by atoms with van der Waals surface area (Å²) in [5.74, 6) is -1.61. The van der Waals surface area contributed by atoms with E-state index >= 15 is 0 Å². The van der Waals surface area contributed by atoms with Crippen LogP contribution in [0.3, 0.4) is 0 Å². The van der Waals surface area contributed by atoms with Gasteiger partial charge in [-0.25, -0.2) is 13.6 Å². The topological polar surface area (TPSA) is 95.0 Å². The summed E-state index contributed by atoms with van der Waals surface area (Å²) in [5, 5.41) is 13.6. The van der Waals surface area contributed by atoms with Gasteiger partial charge in [0, 0.05) is 36.6 Å². The SMILES string of the molecule is Cc1cn(Cc2cnn(C)c2)c(=O)nc1OCc1ccc(Oc2ccc(F)c(F)c2)c(C#N)c1. The van der Waals surface area contributed by atoms with E-state index in [0.29, 0.717) is 17.7 Å². The lowest BCUT2D eigenvalue weighted by atomic mass is 10.1. The summed E-state index contributed by atoms with van der Waals surface area (Å²) in [7, 11) is 1.80. The van der Waals surface area contributed by atoms with E-state index in [1.54, 1.807) is 43.2 Å². The Morgan fingerprint density at radius 3 is 2.62 bits per heavy atom. The van der Waals surface area contributed by atoms with Crippen molar-refractivity contribution >= 4 is 0 Å². The van der Waals surface area contributed by atoms with Crippen LogP contribution >= 0.6 is 0 Å². The van der Waals surface area contributed by atoms with Crippen molar-refractivity contribution < 1.29 is 18.3 Å². The predicted octanol–water partition coefficient (Wildman–Crippen LogP) is 3.85. The summed E-state index contributed by atoms with van der Waals surface area (Å²) in [6.07, 6.45) is 5.16. The second-order valence-corrected chi connectivity index (χ2v) is 7.57. The van der Waals surface area contributed by atoms with Gasteiger partial charge < -0.3 is 9.47 Å². The molecule has 0 N–H and O–H groups in total. The Hall–Kier alpha value is -4.52. The normalized spacial score (nSPS) is 10.7. The summed E-state index contributed by atoms with van der Waals surface area (Å²) < 4.78 is 40.9. The van der Waals surface area contributed by atoms with E-state index in [0.717, 1.165) is 17.7 Å². The fourth-order valence-electron chi connectivity index (χ4n) is 3.26. The Morgan fingerprint density at radius 2 is 1.91 bits per heavy atom. The summed E-state index contributed by atoms with van der Waals surface area (Å²) in [5.41, 5.74) is 1.89. The van der Waals surface area contributed by atoms with Crippen molar-refractivity contribution in [3.8, 4) is 23.4 Å². The number of benzene rings is 2. The lowest BCUT2D eigenvalue weighted by Crippen LogP contribution is -2.24. The largest absolute Gasteiger partial charge is 0.472 e. The number of nitriles is 1. The molecule has 0 unspecified atom stereocenters. The third kappa shape index (κ3) is 5.10. The Labute approximate surface area is 193 Å². The molecule has 10 heteroatoms. The maximum Gasteiger partial charge on any atom is 0.351 e. The molecule has 0 fully saturated rings. The van der Waals surface area contributed by atoms with Gasteiger partial charge in [-0.15, -0.1) is 0 Å². The zero-order valence-corrected chi connectivity index (χ0v) is 18.3. The van der Waals surface area contributed by atoms with Crippen molar-refractivity contribution in [1.29, 1.82) is 5.26 Å². The lowest BCUT2D eigenvalue weighted by Gasteiger charge is -2.12. The highest BCUT2D eigenvalue weighted by Crippen LogP contribution is 2.27. The number of aromatic nitrogens is 4. The van der Waals surface area contributed by atoms with Crippen LogP contribution < -0.4 is 15.2 Å². The first-order chi connectivity index (χ1) is 16.3. The molecule has 0 atom stereocenters. The van der Waals surface area contributed by atoms with E-state index in [2.05, 4.69) is 10.1 Å². The van der Waals surface area contributed by atoms with Crippen LogP contribution in [0.5, 0.6) is 17.4 Å². The van der Waals surface area contributed by atoms with Crippen molar-refractivity contribution in [1.82, 2.24) is 19.3 Å². The van der Waals surface area contributed by atoms with Crippen LogP contribution in [0.4, 0.5) is 8.78 Å². The molecule has 2 aromatic heterocycles. The highest BCUT2D eigenvalue weighted by Gasteiger charge is 2.12. The van der Waals surface area contributed by atoms with Crippen LogP contribution in [0, 0.1) is 29.9 Å². The molecule has 0 amide bonds. The summed E-state index contributed by atoms with van der Waals surface area (Å²) in [6, 6.07) is 9.86. The molecule has 0 saturated carbocycles. The molecule has 0 aliphatic carbocycles. The van der Waals surface area contributed by atoms with Gasteiger partial charge in [-0.2, -0.15) is 15.3 Å². The average molecular weight is 463 g/mol. The molecule has 2 heterocycles. The van der Waals surface area contributed by atoms with E-state index in [1.165, 1.54) is 16.7 Å². The Kier molecular flexibility index (Phi) is 6.36. The molecule has 2 aromatic carbocycles. The molecule has 0 aliphatic heterocycles. The van der Waals surface area contributed by atoms with Crippen molar-refractivity contribution in [2.24, 2.45) is 7.05 Å². The number of halogens is 2.